The van der Waals surface area contributed by atoms with E-state index >= 15 is 0 Å². The molecular formula is C28H30FN7O. The number of methoxy groups -OCH3 is 1. The Morgan fingerprint density at radius 1 is 1.22 bits per heavy atom. The second kappa shape index (κ2) is 7.81. The number of hydrazone groups is 1. The summed E-state index contributed by atoms with van der Waals surface area (Å²) in [6.07, 6.45) is 9.23. The van der Waals surface area contributed by atoms with Crippen LogP contribution in [0.3, 0.4) is 0 Å². The number of rotatable bonds is 3. The Hall–Kier alpha value is -3.88. The van der Waals surface area contributed by atoms with Crippen LogP contribution in [-0.2, 0) is 5.54 Å². The van der Waals surface area contributed by atoms with Gasteiger partial charge < -0.3 is 24.9 Å². The minimum atomic E-state index is -0.344. The van der Waals surface area contributed by atoms with Crippen molar-refractivity contribution in [2.75, 3.05) is 25.5 Å². The van der Waals surface area contributed by atoms with Gasteiger partial charge in [0.1, 0.15) is 17.0 Å². The molecule has 1 aromatic carbocycles. The van der Waals surface area contributed by atoms with Crippen LogP contribution in [0.4, 0.5) is 10.1 Å². The second-order valence-electron chi connectivity index (χ2n) is 10.9. The summed E-state index contributed by atoms with van der Waals surface area (Å²) in [7, 11) is 1.64. The van der Waals surface area contributed by atoms with Crippen molar-refractivity contribution in [3.63, 3.8) is 0 Å². The zero-order valence-corrected chi connectivity index (χ0v) is 21.3. The van der Waals surface area contributed by atoms with Crippen LogP contribution in [0.1, 0.15) is 43.1 Å². The van der Waals surface area contributed by atoms with Crippen LogP contribution in [-0.4, -0.2) is 51.5 Å². The normalized spacial score (nSPS) is 25.9. The molecule has 8 nitrogen and oxygen atoms in total. The standard InChI is InChI=1S/C28H30FN7O/c1-17-13-35(16-31-17)24-7-5-21(32-26(24)37-3)10-19-12-27(8-9-27)15-36-25(19)34-33-18(2)28(36)14-30-23-11-20(29)4-6-22(23)28/h4-7,10-11,13,16,18,30,33H,8-9,12,14-15H2,1-3H3/b19-10+. The van der Waals surface area contributed by atoms with Crippen LogP contribution in [0.5, 0.6) is 5.88 Å². The zero-order chi connectivity index (χ0) is 25.4. The van der Waals surface area contributed by atoms with Crippen LogP contribution in [0.15, 0.2) is 53.5 Å². The Morgan fingerprint density at radius 2 is 2.08 bits per heavy atom. The topological polar surface area (TPSA) is 79.6 Å². The Balaban J connectivity index is 1.31. The highest BCUT2D eigenvalue weighted by atomic mass is 19.1. The fraction of sp³-hybridized carbons (Fsp3) is 0.393. The van der Waals surface area contributed by atoms with Crippen molar-refractivity contribution in [1.82, 2.24) is 24.9 Å². The number of aryl methyl sites for hydroxylation is 1. The van der Waals surface area contributed by atoms with E-state index in [-0.39, 0.29) is 22.8 Å². The van der Waals surface area contributed by atoms with E-state index in [4.69, 9.17) is 14.8 Å². The van der Waals surface area contributed by atoms with Gasteiger partial charge in [-0.2, -0.15) is 5.10 Å². The lowest BCUT2D eigenvalue weighted by Gasteiger charge is -2.53. The molecule has 2 fully saturated rings. The van der Waals surface area contributed by atoms with Gasteiger partial charge in [-0.1, -0.05) is 6.07 Å². The van der Waals surface area contributed by atoms with E-state index < -0.39 is 0 Å². The SMILES string of the molecule is COc1nc(/C=C2\CC3(CC3)CN3C2=NNC(C)C32CNc3cc(F)ccc32)ccc1-n1cnc(C)c1. The number of nitrogens with zero attached hydrogens (tertiary/aromatic N) is 5. The zero-order valence-electron chi connectivity index (χ0n) is 21.3. The first-order chi connectivity index (χ1) is 17.9. The number of hydrogen-bond acceptors (Lipinski definition) is 7. The average molecular weight is 500 g/mol. The van der Waals surface area contributed by atoms with Crippen molar-refractivity contribution in [3.8, 4) is 11.6 Å². The summed E-state index contributed by atoms with van der Waals surface area (Å²) in [6.45, 7) is 5.77. The van der Waals surface area contributed by atoms with E-state index in [0.717, 1.165) is 47.1 Å². The highest BCUT2D eigenvalue weighted by Gasteiger charge is 2.58. The van der Waals surface area contributed by atoms with Crippen LogP contribution in [0.25, 0.3) is 11.8 Å². The summed E-state index contributed by atoms with van der Waals surface area (Å²) < 4.78 is 21.6. The molecule has 1 aliphatic carbocycles. The Kier molecular flexibility index (Phi) is 4.71. The molecule has 2 N–H and O–H groups in total. The van der Waals surface area contributed by atoms with Crippen LogP contribution in [0, 0.1) is 18.2 Å². The molecule has 37 heavy (non-hydrogen) atoms. The molecule has 0 radical (unpaired) electrons. The number of ether oxygens (including phenoxy) is 1. The maximum absolute atomic E-state index is 14.1. The molecule has 1 saturated heterocycles. The molecule has 3 aliphatic heterocycles. The molecule has 1 saturated carbocycles. The van der Waals surface area contributed by atoms with Crippen molar-refractivity contribution in [1.29, 1.82) is 0 Å². The third kappa shape index (κ3) is 3.36. The molecule has 2 unspecified atom stereocenters. The molecule has 4 aliphatic rings. The van der Waals surface area contributed by atoms with Gasteiger partial charge in [0.05, 0.1) is 30.9 Å². The first-order valence-electron chi connectivity index (χ1n) is 12.8. The first kappa shape index (κ1) is 22.3. The monoisotopic (exact) mass is 499 g/mol. The maximum atomic E-state index is 14.1. The third-order valence-corrected chi connectivity index (χ3v) is 8.48. The summed E-state index contributed by atoms with van der Waals surface area (Å²) >= 11 is 0. The van der Waals surface area contributed by atoms with E-state index in [0.29, 0.717) is 12.4 Å². The predicted molar refractivity (Wildman–Crippen MR) is 140 cm³/mol. The van der Waals surface area contributed by atoms with Crippen molar-refractivity contribution in [2.45, 2.75) is 44.7 Å². The lowest BCUT2D eigenvalue weighted by atomic mass is 9.78. The molecule has 0 bridgehead atoms. The van der Waals surface area contributed by atoms with Crippen LogP contribution >= 0.6 is 0 Å². The largest absolute Gasteiger partial charge is 0.479 e. The molecule has 9 heteroatoms. The molecule has 3 aromatic rings. The molecule has 2 atom stereocenters. The fourth-order valence-electron chi connectivity index (χ4n) is 6.31. The Morgan fingerprint density at radius 3 is 2.84 bits per heavy atom. The molecule has 7 rings (SSSR count). The number of hydrogen-bond donors (Lipinski definition) is 2. The van der Waals surface area contributed by atoms with Crippen molar-refractivity contribution >= 4 is 17.6 Å². The van der Waals surface area contributed by atoms with Gasteiger partial charge in [0, 0.05) is 30.5 Å². The minimum Gasteiger partial charge on any atom is -0.479 e. The van der Waals surface area contributed by atoms with Crippen molar-refractivity contribution in [3.05, 3.63) is 71.2 Å². The summed E-state index contributed by atoms with van der Waals surface area (Å²) in [5.74, 6) is 1.27. The molecular weight excluding hydrogens is 469 g/mol. The number of anilines is 1. The lowest BCUT2D eigenvalue weighted by molar-refractivity contribution is 0.0943. The quantitative estimate of drug-likeness (QED) is 0.562. The number of halogens is 1. The third-order valence-electron chi connectivity index (χ3n) is 8.48. The summed E-state index contributed by atoms with van der Waals surface area (Å²) in [5.41, 5.74) is 9.07. The fourth-order valence-corrected chi connectivity index (χ4v) is 6.31. The Bertz CT molecular complexity index is 1470. The van der Waals surface area contributed by atoms with Gasteiger partial charge in [-0.05, 0) is 74.4 Å². The van der Waals surface area contributed by atoms with Gasteiger partial charge in [-0.15, -0.1) is 0 Å². The van der Waals surface area contributed by atoms with Gasteiger partial charge in [0.2, 0.25) is 5.88 Å². The van der Waals surface area contributed by atoms with Crippen molar-refractivity contribution in [2.24, 2.45) is 10.5 Å². The smallest absolute Gasteiger partial charge is 0.238 e. The van der Waals surface area contributed by atoms with E-state index in [1.807, 2.05) is 35.9 Å². The number of imidazole rings is 1. The number of nitrogens with one attached hydrogen (secondary N) is 2. The van der Waals surface area contributed by atoms with Gasteiger partial charge in [0.15, 0.2) is 5.84 Å². The highest BCUT2D eigenvalue weighted by molar-refractivity contribution is 6.04. The highest BCUT2D eigenvalue weighted by Crippen LogP contribution is 2.57. The number of pyridine rings is 1. The second-order valence-corrected chi connectivity index (χ2v) is 10.9. The number of fused-ring (bicyclic) bond motifs is 4. The predicted octanol–water partition coefficient (Wildman–Crippen LogP) is 4.22. The Labute approximate surface area is 215 Å². The molecule has 5 heterocycles. The number of aromatic nitrogens is 3. The van der Waals surface area contributed by atoms with Gasteiger partial charge in [0.25, 0.3) is 0 Å². The molecule has 190 valence electrons. The molecule has 2 aromatic heterocycles. The van der Waals surface area contributed by atoms with E-state index in [1.165, 1.54) is 18.4 Å². The number of amidine groups is 1. The molecule has 2 spiro atoms. The average Bonchev–Trinajstić information content (AvgIpc) is 3.31. The van der Waals surface area contributed by atoms with E-state index in [1.54, 1.807) is 25.6 Å². The van der Waals surface area contributed by atoms with Gasteiger partial charge in [-0.25, -0.2) is 14.4 Å². The summed E-state index contributed by atoms with van der Waals surface area (Å²) in [6, 6.07) is 9.20. The van der Waals surface area contributed by atoms with Crippen LogP contribution < -0.4 is 15.5 Å². The number of benzene rings is 1. The summed E-state index contributed by atoms with van der Waals surface area (Å²) in [4.78, 5) is 11.6. The minimum absolute atomic E-state index is 0.0572. The van der Waals surface area contributed by atoms with Crippen LogP contribution in [0.2, 0.25) is 0 Å². The van der Waals surface area contributed by atoms with E-state index in [9.17, 15) is 4.39 Å². The lowest BCUT2D eigenvalue weighted by Crippen LogP contribution is -2.66. The maximum Gasteiger partial charge on any atom is 0.238 e. The van der Waals surface area contributed by atoms with E-state index in [2.05, 4.69) is 33.6 Å². The first-order valence-corrected chi connectivity index (χ1v) is 12.8. The molecule has 0 amide bonds. The summed E-state index contributed by atoms with van der Waals surface area (Å²) in [5, 5.41) is 8.36. The van der Waals surface area contributed by atoms with Gasteiger partial charge >= 0.3 is 0 Å². The number of piperidine rings is 1. The van der Waals surface area contributed by atoms with Crippen molar-refractivity contribution < 1.29 is 9.13 Å². The van der Waals surface area contributed by atoms with Gasteiger partial charge in [-0.3, -0.25) is 0 Å².